The highest BCUT2D eigenvalue weighted by atomic mass is 79.9. The highest BCUT2D eigenvalue weighted by molar-refractivity contribution is 9.10. The molecule has 0 saturated heterocycles. The van der Waals surface area contributed by atoms with Crippen LogP contribution < -0.4 is 10.6 Å². The van der Waals surface area contributed by atoms with E-state index in [0.29, 0.717) is 5.82 Å². The van der Waals surface area contributed by atoms with Crippen LogP contribution in [0, 0.1) is 6.92 Å². The monoisotopic (exact) mass is 376 g/mol. The zero-order chi connectivity index (χ0) is 15.5. The number of carbonyl (C=O) groups excluding carboxylic acids is 1. The van der Waals surface area contributed by atoms with Gasteiger partial charge in [0.25, 0.3) is 0 Å². The summed E-state index contributed by atoms with van der Waals surface area (Å²) >= 11 is 4.95. The van der Waals surface area contributed by atoms with Gasteiger partial charge in [-0.25, -0.2) is 9.97 Å². The summed E-state index contributed by atoms with van der Waals surface area (Å²) in [6, 6.07) is 7.66. The zero-order valence-electron chi connectivity index (χ0n) is 11.8. The van der Waals surface area contributed by atoms with Crippen molar-refractivity contribution >= 4 is 54.9 Å². The Morgan fingerprint density at radius 2 is 2.18 bits per heavy atom. The summed E-state index contributed by atoms with van der Waals surface area (Å²) < 4.78 is 1.94. The molecule has 0 unspecified atom stereocenters. The molecule has 5 nitrogen and oxygen atoms in total. The maximum absolute atomic E-state index is 12.1. The van der Waals surface area contributed by atoms with Crippen LogP contribution in [0.25, 0.3) is 10.2 Å². The molecule has 112 valence electrons. The molecule has 7 heteroatoms. The normalized spacial score (nSPS) is 10.6. The molecule has 2 heterocycles. The third-order valence-corrected chi connectivity index (χ3v) is 4.53. The van der Waals surface area contributed by atoms with Crippen molar-refractivity contribution in [2.45, 2.75) is 6.92 Å². The average molecular weight is 377 g/mol. The number of benzene rings is 1. The van der Waals surface area contributed by atoms with Gasteiger partial charge < -0.3 is 10.6 Å². The first-order valence-electron chi connectivity index (χ1n) is 6.61. The van der Waals surface area contributed by atoms with Crippen molar-refractivity contribution in [3.8, 4) is 0 Å². The van der Waals surface area contributed by atoms with E-state index >= 15 is 0 Å². The number of nitrogens with zero attached hydrogens (tertiary/aromatic N) is 2. The lowest BCUT2D eigenvalue weighted by Gasteiger charge is -2.10. The number of hydrogen-bond acceptors (Lipinski definition) is 5. The van der Waals surface area contributed by atoms with E-state index in [1.807, 2.05) is 36.6 Å². The van der Waals surface area contributed by atoms with Crippen LogP contribution in [-0.2, 0) is 4.79 Å². The van der Waals surface area contributed by atoms with Crippen LogP contribution in [0.1, 0.15) is 5.56 Å². The molecule has 0 fully saturated rings. The molecule has 0 saturated carbocycles. The van der Waals surface area contributed by atoms with Crippen LogP contribution in [0.4, 0.5) is 11.5 Å². The van der Waals surface area contributed by atoms with Gasteiger partial charge >= 0.3 is 0 Å². The molecule has 3 aromatic rings. The minimum absolute atomic E-state index is 0.117. The molecule has 1 aromatic carbocycles. The van der Waals surface area contributed by atoms with Gasteiger partial charge in [0.15, 0.2) is 0 Å². The van der Waals surface area contributed by atoms with E-state index < -0.39 is 0 Å². The molecule has 0 aliphatic carbocycles. The second-order valence-corrected chi connectivity index (χ2v) is 6.55. The minimum atomic E-state index is -0.117. The van der Waals surface area contributed by atoms with Gasteiger partial charge in [-0.2, -0.15) is 0 Å². The first-order valence-corrected chi connectivity index (χ1v) is 8.29. The number of halogens is 1. The van der Waals surface area contributed by atoms with E-state index in [0.717, 1.165) is 25.9 Å². The molecule has 0 aliphatic heterocycles. The van der Waals surface area contributed by atoms with E-state index in [9.17, 15) is 4.79 Å². The van der Waals surface area contributed by atoms with Gasteiger partial charge in [-0.05, 0) is 42.1 Å². The molecule has 3 rings (SSSR count). The summed E-state index contributed by atoms with van der Waals surface area (Å²) in [7, 11) is 0. The highest BCUT2D eigenvalue weighted by Crippen LogP contribution is 2.24. The van der Waals surface area contributed by atoms with Gasteiger partial charge in [0.1, 0.15) is 12.1 Å². The van der Waals surface area contributed by atoms with Gasteiger partial charge in [-0.3, -0.25) is 4.79 Å². The largest absolute Gasteiger partial charge is 0.360 e. The summed E-state index contributed by atoms with van der Waals surface area (Å²) in [5.74, 6) is 0.566. The molecular weight excluding hydrogens is 364 g/mol. The van der Waals surface area contributed by atoms with Crippen molar-refractivity contribution in [3.05, 3.63) is 46.0 Å². The maximum Gasteiger partial charge on any atom is 0.243 e. The van der Waals surface area contributed by atoms with E-state index in [4.69, 9.17) is 0 Å². The van der Waals surface area contributed by atoms with E-state index in [-0.39, 0.29) is 12.5 Å². The number of hydrogen-bond donors (Lipinski definition) is 2. The number of aryl methyl sites for hydroxylation is 1. The van der Waals surface area contributed by atoms with Gasteiger partial charge in [0, 0.05) is 10.2 Å². The molecule has 0 radical (unpaired) electrons. The number of carbonyl (C=O) groups is 1. The van der Waals surface area contributed by atoms with Gasteiger partial charge in [-0.15, -0.1) is 11.3 Å². The molecule has 2 aromatic heterocycles. The topological polar surface area (TPSA) is 66.9 Å². The van der Waals surface area contributed by atoms with Crippen LogP contribution in [0.15, 0.2) is 40.4 Å². The summed E-state index contributed by atoms with van der Waals surface area (Å²) in [6.07, 6.45) is 1.49. The Bertz CT molecular complexity index is 833. The Hall–Kier alpha value is -1.99. The number of nitrogens with one attached hydrogen (secondary N) is 2. The molecule has 0 aliphatic rings. The Balaban J connectivity index is 1.66. The lowest BCUT2D eigenvalue weighted by molar-refractivity contribution is -0.114. The highest BCUT2D eigenvalue weighted by Gasteiger charge is 2.08. The van der Waals surface area contributed by atoms with Gasteiger partial charge in [-0.1, -0.05) is 15.9 Å². The third-order valence-electron chi connectivity index (χ3n) is 3.12. The lowest BCUT2D eigenvalue weighted by Crippen LogP contribution is -2.22. The van der Waals surface area contributed by atoms with E-state index in [1.165, 1.54) is 6.33 Å². The zero-order valence-corrected chi connectivity index (χ0v) is 14.2. The summed E-state index contributed by atoms with van der Waals surface area (Å²) in [5, 5.41) is 7.90. The first-order chi connectivity index (χ1) is 10.6. The van der Waals surface area contributed by atoms with Crippen molar-refractivity contribution in [2.24, 2.45) is 0 Å². The third kappa shape index (κ3) is 3.26. The molecule has 22 heavy (non-hydrogen) atoms. The fourth-order valence-corrected chi connectivity index (χ4v) is 3.33. The SMILES string of the molecule is Cc1cc(Br)ccc1NC(=O)CNc1ncnc2ccsc12. The van der Waals surface area contributed by atoms with Gasteiger partial charge in [0.2, 0.25) is 5.91 Å². The minimum Gasteiger partial charge on any atom is -0.360 e. The average Bonchev–Trinajstić information content (AvgIpc) is 2.97. The van der Waals surface area contributed by atoms with Crippen molar-refractivity contribution in [2.75, 3.05) is 17.2 Å². The lowest BCUT2D eigenvalue weighted by atomic mass is 10.2. The van der Waals surface area contributed by atoms with Crippen LogP contribution in [0.2, 0.25) is 0 Å². The van der Waals surface area contributed by atoms with E-state index in [1.54, 1.807) is 11.3 Å². The number of thiophene rings is 1. The maximum atomic E-state index is 12.1. The number of fused-ring (bicyclic) bond motifs is 1. The van der Waals surface area contributed by atoms with Crippen LogP contribution >= 0.6 is 27.3 Å². The number of amides is 1. The number of aromatic nitrogens is 2. The Labute approximate surface area is 139 Å². The molecule has 0 atom stereocenters. The fraction of sp³-hybridized carbons (Fsp3) is 0.133. The predicted octanol–water partition coefficient (Wildman–Crippen LogP) is 3.81. The first kappa shape index (κ1) is 14.9. The van der Waals surface area contributed by atoms with Crippen molar-refractivity contribution in [1.82, 2.24) is 9.97 Å². The second-order valence-electron chi connectivity index (χ2n) is 4.72. The standard InChI is InChI=1S/C15H13BrN4OS/c1-9-6-10(16)2-3-11(9)20-13(21)7-17-15-14-12(4-5-22-14)18-8-19-15/h2-6,8H,7H2,1H3,(H,20,21)(H,17,18,19). The van der Waals surface area contributed by atoms with Crippen molar-refractivity contribution in [3.63, 3.8) is 0 Å². The molecule has 1 amide bonds. The molecular formula is C15H13BrN4OS. The number of anilines is 2. The quantitative estimate of drug-likeness (QED) is 0.726. The molecule has 2 N–H and O–H groups in total. The van der Waals surface area contributed by atoms with E-state index in [2.05, 4.69) is 36.5 Å². The molecule has 0 spiro atoms. The number of rotatable bonds is 4. The van der Waals surface area contributed by atoms with Crippen LogP contribution in [-0.4, -0.2) is 22.4 Å². The van der Waals surface area contributed by atoms with Crippen molar-refractivity contribution < 1.29 is 4.79 Å². The Morgan fingerprint density at radius 1 is 1.32 bits per heavy atom. The van der Waals surface area contributed by atoms with Gasteiger partial charge in [0.05, 0.1) is 16.8 Å². The second kappa shape index (κ2) is 6.41. The van der Waals surface area contributed by atoms with Crippen molar-refractivity contribution in [1.29, 1.82) is 0 Å². The van der Waals surface area contributed by atoms with Crippen LogP contribution in [0.3, 0.4) is 0 Å². The predicted molar refractivity (Wildman–Crippen MR) is 93.4 cm³/mol. The summed E-state index contributed by atoms with van der Waals surface area (Å²) in [6.45, 7) is 2.10. The Kier molecular flexibility index (Phi) is 4.35. The molecule has 0 bridgehead atoms. The smallest absolute Gasteiger partial charge is 0.243 e. The summed E-state index contributed by atoms with van der Waals surface area (Å²) in [5.41, 5.74) is 2.69. The fourth-order valence-electron chi connectivity index (χ4n) is 2.04. The summed E-state index contributed by atoms with van der Waals surface area (Å²) in [4.78, 5) is 20.4. The Morgan fingerprint density at radius 3 is 3.00 bits per heavy atom. The van der Waals surface area contributed by atoms with Crippen LogP contribution in [0.5, 0.6) is 0 Å².